The van der Waals surface area contributed by atoms with Gasteiger partial charge in [0.05, 0.1) is 0 Å². The molecule has 0 saturated heterocycles. The van der Waals surface area contributed by atoms with E-state index in [0.717, 1.165) is 55.3 Å². The van der Waals surface area contributed by atoms with Crippen LogP contribution in [0, 0.1) is 0 Å². The van der Waals surface area contributed by atoms with Gasteiger partial charge in [-0.05, 0) is 69.4 Å². The first-order valence-corrected chi connectivity index (χ1v) is 15.7. The number of fused-ring (bicyclic) bond motifs is 4. The van der Waals surface area contributed by atoms with E-state index >= 15 is 0 Å². The summed E-state index contributed by atoms with van der Waals surface area (Å²) in [5.41, 5.74) is 8.96. The van der Waals surface area contributed by atoms with Crippen LogP contribution in [0.5, 0.6) is 0 Å². The number of benzene rings is 7. The maximum atomic E-state index is 6.40. The summed E-state index contributed by atoms with van der Waals surface area (Å²) in [6.07, 6.45) is 0. The molecule has 220 valence electrons. The quantitative estimate of drug-likeness (QED) is 0.197. The zero-order valence-corrected chi connectivity index (χ0v) is 25.3. The molecule has 0 aliphatic heterocycles. The first-order chi connectivity index (χ1) is 23.2. The Labute approximate surface area is 271 Å². The molecule has 9 aromatic rings. The summed E-state index contributed by atoms with van der Waals surface area (Å²) in [5.74, 6) is 1.84. The van der Waals surface area contributed by atoms with Crippen LogP contribution in [0.15, 0.2) is 168 Å². The molecule has 9 rings (SSSR count). The van der Waals surface area contributed by atoms with E-state index in [-0.39, 0.29) is 0 Å². The summed E-state index contributed by atoms with van der Waals surface area (Å²) in [6, 6.07) is 56.5. The van der Waals surface area contributed by atoms with E-state index in [2.05, 4.69) is 121 Å². The molecule has 7 aromatic carbocycles. The van der Waals surface area contributed by atoms with E-state index in [9.17, 15) is 0 Å². The van der Waals surface area contributed by atoms with Gasteiger partial charge in [0.2, 0.25) is 0 Å². The van der Waals surface area contributed by atoms with Crippen molar-refractivity contribution in [2.45, 2.75) is 0 Å². The van der Waals surface area contributed by atoms with Crippen LogP contribution in [-0.2, 0) is 0 Å². The maximum absolute atomic E-state index is 6.40. The first-order valence-electron chi connectivity index (χ1n) is 15.7. The lowest BCUT2D eigenvalue weighted by atomic mass is 9.99. The number of hydrogen-bond donors (Lipinski definition) is 0. The van der Waals surface area contributed by atoms with Gasteiger partial charge in [-0.15, -0.1) is 0 Å². The molecule has 0 fully saturated rings. The van der Waals surface area contributed by atoms with Gasteiger partial charge in [-0.3, -0.25) is 0 Å². The van der Waals surface area contributed by atoms with Gasteiger partial charge in [0.1, 0.15) is 11.2 Å². The Bertz CT molecular complexity index is 2570. The molecule has 2 heterocycles. The highest BCUT2D eigenvalue weighted by Crippen LogP contribution is 2.36. The number of hydrogen-bond acceptors (Lipinski definition) is 4. The van der Waals surface area contributed by atoms with Crippen molar-refractivity contribution >= 4 is 32.7 Å². The number of aromatic nitrogens is 3. The van der Waals surface area contributed by atoms with Crippen LogP contribution < -0.4 is 0 Å². The normalized spacial score (nSPS) is 11.4. The second kappa shape index (κ2) is 11.2. The maximum Gasteiger partial charge on any atom is 0.164 e. The van der Waals surface area contributed by atoms with E-state index in [1.807, 2.05) is 42.5 Å². The lowest BCUT2D eigenvalue weighted by Gasteiger charge is -2.09. The van der Waals surface area contributed by atoms with Crippen molar-refractivity contribution in [3.63, 3.8) is 0 Å². The van der Waals surface area contributed by atoms with Crippen LogP contribution in [0.3, 0.4) is 0 Å². The van der Waals surface area contributed by atoms with Crippen molar-refractivity contribution < 1.29 is 4.42 Å². The Morgan fingerprint density at radius 3 is 1.64 bits per heavy atom. The lowest BCUT2D eigenvalue weighted by molar-refractivity contribution is 0.669. The first kappa shape index (κ1) is 27.0. The summed E-state index contributed by atoms with van der Waals surface area (Å²) in [7, 11) is 0. The molecule has 47 heavy (non-hydrogen) atoms. The molecule has 0 bridgehead atoms. The highest BCUT2D eigenvalue weighted by Gasteiger charge is 2.16. The van der Waals surface area contributed by atoms with Crippen LogP contribution in [0.4, 0.5) is 0 Å². The van der Waals surface area contributed by atoms with Crippen LogP contribution in [-0.4, -0.2) is 15.0 Å². The number of nitrogens with zero attached hydrogens (tertiary/aromatic N) is 3. The standard InChI is InChI=1S/C43H27N3O/c1-3-10-28(11-4-1)32-16-9-17-35(25-32)42-44-41(30-13-5-2-6-14-30)45-43(46-42)36-20-22-37-38-26-34(21-23-39(38)47-40(37)27-36)33-19-18-29-12-7-8-15-31(29)24-33/h1-27H. The molecule has 2 aromatic heterocycles. The molecule has 0 spiro atoms. The van der Waals surface area contributed by atoms with Crippen LogP contribution >= 0.6 is 0 Å². The monoisotopic (exact) mass is 601 g/mol. The van der Waals surface area contributed by atoms with Gasteiger partial charge in [-0.25, -0.2) is 15.0 Å². The molecule has 0 atom stereocenters. The average Bonchev–Trinajstić information content (AvgIpc) is 3.52. The molecule has 0 N–H and O–H groups in total. The van der Waals surface area contributed by atoms with Crippen LogP contribution in [0.25, 0.3) is 89.1 Å². The Balaban J connectivity index is 1.15. The predicted octanol–water partition coefficient (Wildman–Crippen LogP) is 11.3. The smallest absolute Gasteiger partial charge is 0.164 e. The second-order valence-electron chi connectivity index (χ2n) is 11.7. The van der Waals surface area contributed by atoms with Gasteiger partial charge >= 0.3 is 0 Å². The minimum atomic E-state index is 0.596. The van der Waals surface area contributed by atoms with Crippen LogP contribution in [0.2, 0.25) is 0 Å². The fourth-order valence-electron chi connectivity index (χ4n) is 6.28. The Morgan fingerprint density at radius 1 is 0.298 bits per heavy atom. The SMILES string of the molecule is c1ccc(-c2cccc(-c3nc(-c4ccccc4)nc(-c4ccc5c(c4)oc4ccc(-c6ccc7ccccc7c6)cc45)n3)c2)cc1. The number of rotatable bonds is 5. The molecule has 0 saturated carbocycles. The van der Waals surface area contributed by atoms with Gasteiger partial charge in [0.25, 0.3) is 0 Å². The molecule has 0 aliphatic rings. The van der Waals surface area contributed by atoms with Gasteiger partial charge in [-0.1, -0.05) is 127 Å². The number of furan rings is 1. The molecule has 0 unspecified atom stereocenters. The highest BCUT2D eigenvalue weighted by atomic mass is 16.3. The van der Waals surface area contributed by atoms with E-state index in [4.69, 9.17) is 19.4 Å². The Morgan fingerprint density at radius 2 is 0.851 bits per heavy atom. The van der Waals surface area contributed by atoms with Crippen molar-refractivity contribution in [1.29, 1.82) is 0 Å². The third kappa shape index (κ3) is 5.02. The highest BCUT2D eigenvalue weighted by molar-refractivity contribution is 6.07. The largest absolute Gasteiger partial charge is 0.456 e. The van der Waals surface area contributed by atoms with Crippen LogP contribution in [0.1, 0.15) is 0 Å². The van der Waals surface area contributed by atoms with Crippen molar-refractivity contribution in [3.05, 3.63) is 164 Å². The zero-order valence-electron chi connectivity index (χ0n) is 25.3. The van der Waals surface area contributed by atoms with Crippen molar-refractivity contribution in [2.75, 3.05) is 0 Å². The summed E-state index contributed by atoms with van der Waals surface area (Å²) >= 11 is 0. The van der Waals surface area contributed by atoms with E-state index in [1.54, 1.807) is 0 Å². The van der Waals surface area contributed by atoms with Gasteiger partial charge in [0.15, 0.2) is 17.5 Å². The predicted molar refractivity (Wildman–Crippen MR) is 192 cm³/mol. The minimum Gasteiger partial charge on any atom is -0.456 e. The second-order valence-corrected chi connectivity index (χ2v) is 11.7. The molecule has 0 aliphatic carbocycles. The van der Waals surface area contributed by atoms with Gasteiger partial charge < -0.3 is 4.42 Å². The summed E-state index contributed by atoms with van der Waals surface area (Å²) in [6.45, 7) is 0. The van der Waals surface area contributed by atoms with E-state index < -0.39 is 0 Å². The lowest BCUT2D eigenvalue weighted by Crippen LogP contribution is -2.00. The summed E-state index contributed by atoms with van der Waals surface area (Å²) < 4.78 is 6.40. The average molecular weight is 602 g/mol. The molecular formula is C43H27N3O. The summed E-state index contributed by atoms with van der Waals surface area (Å²) in [5, 5.41) is 4.60. The summed E-state index contributed by atoms with van der Waals surface area (Å²) in [4.78, 5) is 14.9. The fourth-order valence-corrected chi connectivity index (χ4v) is 6.28. The Hall–Kier alpha value is -6.39. The molecule has 4 nitrogen and oxygen atoms in total. The molecular weight excluding hydrogens is 574 g/mol. The van der Waals surface area contributed by atoms with Crippen molar-refractivity contribution in [1.82, 2.24) is 15.0 Å². The molecule has 4 heteroatoms. The van der Waals surface area contributed by atoms with Crippen molar-refractivity contribution in [3.8, 4) is 56.4 Å². The van der Waals surface area contributed by atoms with Gasteiger partial charge in [0, 0.05) is 27.5 Å². The van der Waals surface area contributed by atoms with E-state index in [0.29, 0.717) is 17.5 Å². The molecule has 0 amide bonds. The zero-order chi connectivity index (χ0) is 31.2. The fraction of sp³-hybridized carbons (Fsp3) is 0. The topological polar surface area (TPSA) is 51.8 Å². The minimum absolute atomic E-state index is 0.596. The third-order valence-corrected chi connectivity index (χ3v) is 8.71. The van der Waals surface area contributed by atoms with E-state index in [1.165, 1.54) is 16.3 Å². The molecule has 0 radical (unpaired) electrons. The Kier molecular flexibility index (Phi) is 6.43. The third-order valence-electron chi connectivity index (χ3n) is 8.71. The van der Waals surface area contributed by atoms with Crippen molar-refractivity contribution in [2.24, 2.45) is 0 Å². The van der Waals surface area contributed by atoms with Gasteiger partial charge in [-0.2, -0.15) is 0 Å².